The summed E-state index contributed by atoms with van der Waals surface area (Å²) in [5, 5.41) is 6.84. The lowest BCUT2D eigenvalue weighted by Gasteiger charge is -2.20. The zero-order valence-electron chi connectivity index (χ0n) is 15.8. The van der Waals surface area contributed by atoms with Crippen LogP contribution in [0.25, 0.3) is 0 Å². The van der Waals surface area contributed by atoms with Crippen LogP contribution in [-0.4, -0.2) is 34.0 Å². The summed E-state index contributed by atoms with van der Waals surface area (Å²) >= 11 is 5.41. The zero-order valence-corrected chi connectivity index (χ0v) is 17.4. The first-order valence-corrected chi connectivity index (χ1v) is 10.7. The molecule has 2 aromatic carbocycles. The molecular weight excluding hydrogens is 384 g/mol. The number of anilines is 1. The van der Waals surface area contributed by atoms with Gasteiger partial charge in [0.25, 0.3) is 0 Å². The molecule has 8 heteroatoms. The van der Waals surface area contributed by atoms with Gasteiger partial charge in [-0.2, -0.15) is 0 Å². The highest BCUT2D eigenvalue weighted by Crippen LogP contribution is 2.29. The van der Waals surface area contributed by atoms with Gasteiger partial charge in [-0.15, -0.1) is 0 Å². The molecule has 0 aliphatic carbocycles. The van der Waals surface area contributed by atoms with Crippen LogP contribution in [-0.2, 0) is 9.84 Å². The Morgan fingerprint density at radius 3 is 2.22 bits per heavy atom. The van der Waals surface area contributed by atoms with E-state index in [4.69, 9.17) is 21.7 Å². The normalized spacial score (nSPS) is 12.1. The average Bonchev–Trinajstić information content (AvgIpc) is 2.65. The average molecular weight is 409 g/mol. The van der Waals surface area contributed by atoms with Crippen LogP contribution in [0.2, 0.25) is 0 Å². The predicted molar refractivity (Wildman–Crippen MR) is 111 cm³/mol. The van der Waals surface area contributed by atoms with E-state index in [-0.39, 0.29) is 6.04 Å². The standard InChI is InChI=1S/C19H24N2O4S2/c1-5-16(13-6-9-15(10-7-13)27(4,22)23)21-19(26)20-14-8-11-17(24-2)18(12-14)25-3/h6-12,16H,5H2,1-4H3,(H2,20,21,26)/t16-/m0/s1. The van der Waals surface area contributed by atoms with E-state index in [9.17, 15) is 8.42 Å². The first-order chi connectivity index (χ1) is 12.8. The summed E-state index contributed by atoms with van der Waals surface area (Å²) in [4.78, 5) is 0.298. The minimum Gasteiger partial charge on any atom is -0.493 e. The molecule has 0 radical (unpaired) electrons. The third kappa shape index (κ3) is 5.58. The van der Waals surface area contributed by atoms with E-state index in [1.54, 1.807) is 50.6 Å². The summed E-state index contributed by atoms with van der Waals surface area (Å²) in [7, 11) is -0.0525. The second-order valence-electron chi connectivity index (χ2n) is 5.97. The monoisotopic (exact) mass is 408 g/mol. The van der Waals surface area contributed by atoms with Crippen molar-refractivity contribution in [3.63, 3.8) is 0 Å². The molecule has 0 amide bonds. The minimum atomic E-state index is -3.21. The maximum absolute atomic E-state index is 11.6. The molecular formula is C19H24N2O4S2. The van der Waals surface area contributed by atoms with E-state index >= 15 is 0 Å². The molecule has 0 aromatic heterocycles. The van der Waals surface area contributed by atoms with E-state index in [1.165, 1.54) is 6.26 Å². The predicted octanol–water partition coefficient (Wildman–Crippen LogP) is 3.55. The zero-order chi connectivity index (χ0) is 20.0. The molecule has 0 spiro atoms. The SMILES string of the molecule is CC[C@H](NC(=S)Nc1ccc(OC)c(OC)c1)c1ccc(S(C)(=O)=O)cc1. The molecule has 146 valence electrons. The van der Waals surface area contributed by atoms with Crippen molar-refractivity contribution in [3.8, 4) is 11.5 Å². The molecule has 2 rings (SSSR count). The molecule has 2 N–H and O–H groups in total. The van der Waals surface area contributed by atoms with E-state index in [0.717, 1.165) is 17.7 Å². The van der Waals surface area contributed by atoms with Crippen molar-refractivity contribution >= 4 is 32.9 Å². The van der Waals surface area contributed by atoms with Crippen molar-refractivity contribution in [1.82, 2.24) is 5.32 Å². The van der Waals surface area contributed by atoms with E-state index in [0.29, 0.717) is 21.5 Å². The number of methoxy groups -OCH3 is 2. The molecule has 0 fully saturated rings. The summed E-state index contributed by atoms with van der Waals surface area (Å²) in [6.07, 6.45) is 1.98. The number of ether oxygens (including phenoxy) is 2. The second-order valence-corrected chi connectivity index (χ2v) is 8.39. The van der Waals surface area contributed by atoms with Gasteiger partial charge >= 0.3 is 0 Å². The molecule has 0 aliphatic heterocycles. The van der Waals surface area contributed by atoms with Crippen molar-refractivity contribution in [2.45, 2.75) is 24.3 Å². The number of rotatable bonds is 7. The Morgan fingerprint density at radius 1 is 1.07 bits per heavy atom. The molecule has 1 atom stereocenters. The van der Waals surface area contributed by atoms with Gasteiger partial charge in [-0.3, -0.25) is 0 Å². The molecule has 6 nitrogen and oxygen atoms in total. The largest absolute Gasteiger partial charge is 0.493 e. The number of sulfone groups is 1. The first kappa shape index (κ1) is 21.0. The van der Waals surface area contributed by atoms with Crippen molar-refractivity contribution in [2.75, 3.05) is 25.8 Å². The highest BCUT2D eigenvalue weighted by atomic mass is 32.2. The Balaban J connectivity index is 2.09. The highest BCUT2D eigenvalue weighted by molar-refractivity contribution is 7.90. The van der Waals surface area contributed by atoms with E-state index in [1.807, 2.05) is 13.0 Å². The first-order valence-electron chi connectivity index (χ1n) is 8.38. The third-order valence-corrected chi connectivity index (χ3v) is 5.41. The number of hydrogen-bond donors (Lipinski definition) is 2. The van der Waals surface area contributed by atoms with Crippen LogP contribution in [0.4, 0.5) is 5.69 Å². The molecule has 0 bridgehead atoms. The van der Waals surface area contributed by atoms with Crippen LogP contribution in [0.1, 0.15) is 24.9 Å². The van der Waals surface area contributed by atoms with Crippen molar-refractivity contribution in [3.05, 3.63) is 48.0 Å². The van der Waals surface area contributed by atoms with Crippen LogP contribution in [0.15, 0.2) is 47.4 Å². The molecule has 0 aliphatic rings. The summed E-state index contributed by atoms with van der Waals surface area (Å²) in [6, 6.07) is 12.2. The van der Waals surface area contributed by atoms with Gasteiger partial charge in [0.2, 0.25) is 0 Å². The molecule has 27 heavy (non-hydrogen) atoms. The molecule has 2 aromatic rings. The van der Waals surface area contributed by atoms with Gasteiger partial charge < -0.3 is 20.1 Å². The summed E-state index contributed by atoms with van der Waals surface area (Å²) in [6.45, 7) is 2.03. The molecule has 0 unspecified atom stereocenters. The molecule has 0 saturated carbocycles. The van der Waals surface area contributed by atoms with Gasteiger partial charge in [0, 0.05) is 18.0 Å². The summed E-state index contributed by atoms with van der Waals surface area (Å²) in [5.74, 6) is 1.24. The number of benzene rings is 2. The molecule has 0 heterocycles. The van der Waals surface area contributed by atoms with Crippen LogP contribution in [0.3, 0.4) is 0 Å². The smallest absolute Gasteiger partial charge is 0.175 e. The van der Waals surface area contributed by atoms with E-state index < -0.39 is 9.84 Å². The fourth-order valence-electron chi connectivity index (χ4n) is 2.61. The lowest BCUT2D eigenvalue weighted by molar-refractivity contribution is 0.355. The van der Waals surface area contributed by atoms with Gasteiger partial charge in [0.1, 0.15) is 0 Å². The van der Waals surface area contributed by atoms with Gasteiger partial charge in [-0.1, -0.05) is 19.1 Å². The van der Waals surface area contributed by atoms with Crippen molar-refractivity contribution in [1.29, 1.82) is 0 Å². The molecule has 0 saturated heterocycles. The van der Waals surface area contributed by atoms with E-state index in [2.05, 4.69) is 10.6 Å². The minimum absolute atomic E-state index is 0.0428. The Morgan fingerprint density at radius 2 is 1.70 bits per heavy atom. The van der Waals surface area contributed by atoms with Gasteiger partial charge in [0.15, 0.2) is 26.4 Å². The Kier molecular flexibility index (Phi) is 7.04. The Hall–Kier alpha value is -2.32. The fourth-order valence-corrected chi connectivity index (χ4v) is 3.50. The van der Waals surface area contributed by atoms with Crippen LogP contribution >= 0.6 is 12.2 Å². The number of hydrogen-bond acceptors (Lipinski definition) is 5. The van der Waals surface area contributed by atoms with Gasteiger partial charge in [0.05, 0.1) is 25.2 Å². The van der Waals surface area contributed by atoms with Gasteiger partial charge in [-0.25, -0.2) is 8.42 Å². The van der Waals surface area contributed by atoms with Crippen molar-refractivity contribution in [2.24, 2.45) is 0 Å². The third-order valence-electron chi connectivity index (χ3n) is 4.07. The topological polar surface area (TPSA) is 76.7 Å². The lowest BCUT2D eigenvalue weighted by atomic mass is 10.1. The van der Waals surface area contributed by atoms with Crippen LogP contribution < -0.4 is 20.1 Å². The maximum Gasteiger partial charge on any atom is 0.175 e. The summed E-state index contributed by atoms with van der Waals surface area (Å²) in [5.41, 5.74) is 1.73. The lowest BCUT2D eigenvalue weighted by Crippen LogP contribution is -2.32. The second kappa shape index (κ2) is 9.05. The highest BCUT2D eigenvalue weighted by Gasteiger charge is 2.13. The van der Waals surface area contributed by atoms with Crippen LogP contribution in [0.5, 0.6) is 11.5 Å². The van der Waals surface area contributed by atoms with Crippen molar-refractivity contribution < 1.29 is 17.9 Å². The van der Waals surface area contributed by atoms with Gasteiger partial charge in [-0.05, 0) is 48.5 Å². The quantitative estimate of drug-likeness (QED) is 0.679. The number of nitrogens with one attached hydrogen (secondary N) is 2. The summed E-state index contributed by atoms with van der Waals surface area (Å²) < 4.78 is 33.7. The van der Waals surface area contributed by atoms with Crippen LogP contribution in [0, 0.1) is 0 Å². The maximum atomic E-state index is 11.6. The Bertz CT molecular complexity index is 896. The number of thiocarbonyl (C=S) groups is 1. The fraction of sp³-hybridized carbons (Fsp3) is 0.316. The Labute approximate surface area is 165 Å².